The van der Waals surface area contributed by atoms with Crippen LogP contribution in [-0.2, 0) is 9.47 Å². The van der Waals surface area contributed by atoms with Gasteiger partial charge in [0.2, 0.25) is 0 Å². The van der Waals surface area contributed by atoms with Gasteiger partial charge in [0.25, 0.3) is 11.8 Å². The average Bonchev–Trinajstić information content (AvgIpc) is 3.07. The third kappa shape index (κ3) is 5.47. The summed E-state index contributed by atoms with van der Waals surface area (Å²) in [7, 11) is 5.50. The summed E-state index contributed by atoms with van der Waals surface area (Å²) in [6.07, 6.45) is 6.21. The number of imide groups is 1. The SMILES string of the molecule is CCCCCCCCN1C(=O)c2cccc3c(-c4c(OC)cc(C(=O)OC)c5c(C(=O)OC)cccc45)c(OC)cc(c23)C1=O. The van der Waals surface area contributed by atoms with Gasteiger partial charge in [-0.15, -0.1) is 0 Å². The zero-order chi connectivity index (χ0) is 32.2. The molecule has 0 unspecified atom stereocenters. The van der Waals surface area contributed by atoms with Crippen molar-refractivity contribution < 1.29 is 38.1 Å². The van der Waals surface area contributed by atoms with Crippen molar-refractivity contribution in [3.8, 4) is 22.6 Å². The van der Waals surface area contributed by atoms with E-state index in [1.54, 1.807) is 36.4 Å². The van der Waals surface area contributed by atoms with E-state index in [4.69, 9.17) is 18.9 Å². The molecule has 0 atom stereocenters. The molecule has 1 aliphatic heterocycles. The standard InChI is InChI=1S/C36H37NO8/c1-6-7-8-9-10-11-18-37-33(38)23-16-12-14-21-29(23)25(34(37)39)19-27(42-2)31(21)32-22-15-13-17-24(35(40)44-4)30(22)26(36(41)45-5)20-28(32)43-3/h12-17,19-20H,6-11,18H2,1-5H3. The molecule has 0 radical (unpaired) electrons. The maximum atomic E-state index is 13.9. The number of ether oxygens (including phenoxy) is 4. The molecule has 4 aromatic rings. The first-order valence-electron chi connectivity index (χ1n) is 15.1. The van der Waals surface area contributed by atoms with Crippen molar-refractivity contribution in [2.45, 2.75) is 45.4 Å². The quantitative estimate of drug-likeness (QED) is 0.0940. The van der Waals surface area contributed by atoms with Crippen molar-refractivity contribution in [1.29, 1.82) is 0 Å². The van der Waals surface area contributed by atoms with Crippen LogP contribution in [0.2, 0.25) is 0 Å². The van der Waals surface area contributed by atoms with Crippen LogP contribution >= 0.6 is 0 Å². The highest BCUT2D eigenvalue weighted by Gasteiger charge is 2.35. The number of methoxy groups -OCH3 is 4. The molecule has 0 aliphatic carbocycles. The minimum absolute atomic E-state index is 0.117. The monoisotopic (exact) mass is 611 g/mol. The maximum Gasteiger partial charge on any atom is 0.338 e. The van der Waals surface area contributed by atoms with E-state index in [0.29, 0.717) is 61.8 Å². The number of carbonyl (C=O) groups is 4. The van der Waals surface area contributed by atoms with Gasteiger partial charge in [-0.1, -0.05) is 63.3 Å². The number of amides is 2. The average molecular weight is 612 g/mol. The van der Waals surface area contributed by atoms with Gasteiger partial charge in [-0.2, -0.15) is 0 Å². The van der Waals surface area contributed by atoms with Crippen LogP contribution in [-0.4, -0.2) is 63.6 Å². The van der Waals surface area contributed by atoms with Gasteiger partial charge in [-0.25, -0.2) is 9.59 Å². The second-order valence-corrected chi connectivity index (χ2v) is 11.0. The van der Waals surface area contributed by atoms with Crippen LogP contribution in [0.5, 0.6) is 11.5 Å². The second kappa shape index (κ2) is 13.4. The summed E-state index contributed by atoms with van der Waals surface area (Å²) in [6.45, 7) is 2.51. The number of carbonyl (C=O) groups excluding carboxylic acids is 4. The van der Waals surface area contributed by atoms with Gasteiger partial charge in [-0.05, 0) is 41.5 Å². The third-order valence-corrected chi connectivity index (χ3v) is 8.44. The Morgan fingerprint density at radius 2 is 1.20 bits per heavy atom. The van der Waals surface area contributed by atoms with Crippen LogP contribution in [0.3, 0.4) is 0 Å². The predicted molar refractivity (Wildman–Crippen MR) is 171 cm³/mol. The number of hydrogen-bond acceptors (Lipinski definition) is 8. The van der Waals surface area contributed by atoms with Gasteiger partial charge >= 0.3 is 11.9 Å². The zero-order valence-corrected chi connectivity index (χ0v) is 26.3. The van der Waals surface area contributed by atoms with Crippen LogP contribution in [0, 0.1) is 0 Å². The Labute approximate surface area is 262 Å². The van der Waals surface area contributed by atoms with Crippen LogP contribution in [0.25, 0.3) is 32.7 Å². The molecule has 9 heteroatoms. The molecule has 9 nitrogen and oxygen atoms in total. The fourth-order valence-corrected chi connectivity index (χ4v) is 6.29. The highest BCUT2D eigenvalue weighted by Crippen LogP contribution is 2.49. The van der Waals surface area contributed by atoms with E-state index in [1.807, 2.05) is 6.07 Å². The molecule has 234 valence electrons. The Balaban J connectivity index is 1.76. The van der Waals surface area contributed by atoms with Gasteiger partial charge in [0.1, 0.15) is 11.5 Å². The molecule has 0 bridgehead atoms. The molecule has 1 aliphatic rings. The van der Waals surface area contributed by atoms with E-state index in [2.05, 4.69) is 6.92 Å². The fraction of sp³-hybridized carbons (Fsp3) is 0.333. The summed E-state index contributed by atoms with van der Waals surface area (Å²) in [5.74, 6) is -1.33. The van der Waals surface area contributed by atoms with Crippen molar-refractivity contribution >= 4 is 45.3 Å². The van der Waals surface area contributed by atoms with Gasteiger partial charge in [-0.3, -0.25) is 14.5 Å². The lowest BCUT2D eigenvalue weighted by Gasteiger charge is -2.29. The second-order valence-electron chi connectivity index (χ2n) is 11.0. The number of esters is 2. The predicted octanol–water partition coefficient (Wildman–Crippen LogP) is 7.21. The van der Waals surface area contributed by atoms with Crippen LogP contribution in [0.1, 0.15) is 86.9 Å². The van der Waals surface area contributed by atoms with Gasteiger partial charge < -0.3 is 18.9 Å². The molecular weight excluding hydrogens is 574 g/mol. The molecule has 0 saturated carbocycles. The third-order valence-electron chi connectivity index (χ3n) is 8.44. The van der Waals surface area contributed by atoms with Gasteiger partial charge in [0.15, 0.2) is 0 Å². The Hall–Kier alpha value is -4.92. The minimum atomic E-state index is -0.660. The van der Waals surface area contributed by atoms with E-state index in [1.165, 1.54) is 45.8 Å². The van der Waals surface area contributed by atoms with Crippen molar-refractivity contribution in [2.24, 2.45) is 0 Å². The first-order valence-corrected chi connectivity index (χ1v) is 15.1. The first-order chi connectivity index (χ1) is 21.8. The number of fused-ring (bicyclic) bond motifs is 1. The fourth-order valence-electron chi connectivity index (χ4n) is 6.29. The van der Waals surface area contributed by atoms with Crippen LogP contribution in [0.15, 0.2) is 48.5 Å². The van der Waals surface area contributed by atoms with E-state index in [-0.39, 0.29) is 22.9 Å². The largest absolute Gasteiger partial charge is 0.496 e. The van der Waals surface area contributed by atoms with Crippen LogP contribution in [0.4, 0.5) is 0 Å². The van der Waals surface area contributed by atoms with E-state index in [0.717, 1.165) is 32.1 Å². The van der Waals surface area contributed by atoms with Gasteiger partial charge in [0, 0.05) is 34.0 Å². The minimum Gasteiger partial charge on any atom is -0.496 e. The Kier molecular flexibility index (Phi) is 9.37. The summed E-state index contributed by atoms with van der Waals surface area (Å²) in [6, 6.07) is 13.5. The highest BCUT2D eigenvalue weighted by atomic mass is 16.5. The summed E-state index contributed by atoms with van der Waals surface area (Å²) in [4.78, 5) is 54.8. The van der Waals surface area contributed by atoms with Crippen molar-refractivity contribution in [2.75, 3.05) is 35.0 Å². The summed E-state index contributed by atoms with van der Waals surface area (Å²) < 4.78 is 21.9. The molecule has 45 heavy (non-hydrogen) atoms. The van der Waals surface area contributed by atoms with Gasteiger partial charge in [0.05, 0.1) is 45.1 Å². The normalized spacial score (nSPS) is 12.5. The molecule has 5 rings (SSSR count). The summed E-state index contributed by atoms with van der Waals surface area (Å²) in [5.41, 5.74) is 2.13. The maximum absolute atomic E-state index is 13.9. The number of rotatable bonds is 12. The van der Waals surface area contributed by atoms with Crippen molar-refractivity contribution in [3.05, 3.63) is 70.8 Å². The van der Waals surface area contributed by atoms with Crippen molar-refractivity contribution in [1.82, 2.24) is 4.90 Å². The number of hydrogen-bond donors (Lipinski definition) is 0. The summed E-state index contributed by atoms with van der Waals surface area (Å²) >= 11 is 0. The Morgan fingerprint density at radius 3 is 1.84 bits per heavy atom. The van der Waals surface area contributed by atoms with E-state index >= 15 is 0 Å². The highest BCUT2D eigenvalue weighted by molar-refractivity contribution is 6.29. The molecule has 0 spiro atoms. The smallest absolute Gasteiger partial charge is 0.338 e. The molecule has 0 aromatic heterocycles. The lowest BCUT2D eigenvalue weighted by atomic mass is 9.85. The van der Waals surface area contributed by atoms with E-state index in [9.17, 15) is 19.2 Å². The summed E-state index contributed by atoms with van der Waals surface area (Å²) in [5, 5.41) is 1.91. The number of nitrogens with zero attached hydrogens (tertiary/aromatic N) is 1. The molecular formula is C36H37NO8. The van der Waals surface area contributed by atoms with Crippen LogP contribution < -0.4 is 9.47 Å². The molecule has 1 heterocycles. The lowest BCUT2D eigenvalue weighted by Crippen LogP contribution is -2.41. The number of unbranched alkanes of at least 4 members (excludes halogenated alkanes) is 5. The van der Waals surface area contributed by atoms with E-state index < -0.39 is 11.9 Å². The molecule has 0 N–H and O–H groups in total. The Morgan fingerprint density at radius 1 is 0.644 bits per heavy atom. The Bertz CT molecular complexity index is 1830. The molecule has 4 aromatic carbocycles. The molecule has 0 saturated heterocycles. The van der Waals surface area contributed by atoms with Crippen molar-refractivity contribution in [3.63, 3.8) is 0 Å². The first kappa shape index (κ1) is 31.5. The lowest BCUT2D eigenvalue weighted by molar-refractivity contribution is 0.0589. The molecule has 2 amide bonds. The molecule has 0 fully saturated rings. The topological polar surface area (TPSA) is 108 Å². The number of benzene rings is 4. The zero-order valence-electron chi connectivity index (χ0n) is 26.3.